The van der Waals surface area contributed by atoms with Crippen molar-refractivity contribution in [2.45, 2.75) is 26.1 Å². The van der Waals surface area contributed by atoms with Gasteiger partial charge in [0.2, 0.25) is 5.88 Å². The van der Waals surface area contributed by atoms with Gasteiger partial charge < -0.3 is 25.0 Å². The first-order valence-corrected chi connectivity index (χ1v) is 9.25. The Labute approximate surface area is 177 Å². The molecule has 0 saturated carbocycles. The molecule has 0 aliphatic rings. The van der Waals surface area contributed by atoms with Gasteiger partial charge in [0.1, 0.15) is 17.6 Å². The molecule has 3 rings (SSSR count). The third-order valence-corrected chi connectivity index (χ3v) is 4.17. The molecule has 0 fully saturated rings. The minimum absolute atomic E-state index is 0.0295. The average molecular weight is 427 g/mol. The predicted octanol–water partition coefficient (Wildman–Crippen LogP) is 2.10. The van der Waals surface area contributed by atoms with Crippen LogP contribution in [0.1, 0.15) is 34.7 Å². The van der Waals surface area contributed by atoms with Gasteiger partial charge in [0.15, 0.2) is 11.5 Å². The first-order chi connectivity index (χ1) is 14.7. The number of nitrogens with one attached hydrogen (secondary N) is 1. The number of hydrogen-bond donors (Lipinski definition) is 3. The van der Waals surface area contributed by atoms with Gasteiger partial charge in [-0.15, -0.1) is 0 Å². The molecule has 1 amide bonds. The zero-order valence-corrected chi connectivity index (χ0v) is 17.0. The van der Waals surface area contributed by atoms with Crippen molar-refractivity contribution in [3.63, 3.8) is 0 Å². The number of benzene rings is 1. The van der Waals surface area contributed by atoms with Crippen molar-refractivity contribution in [3.05, 3.63) is 54.1 Å². The molecule has 0 saturated heterocycles. The summed E-state index contributed by atoms with van der Waals surface area (Å²) < 4.78 is 12.9. The monoisotopic (exact) mass is 427 g/mol. The highest BCUT2D eigenvalue weighted by atomic mass is 16.5. The number of nitrogens with zero attached hydrogens (tertiary/aromatic N) is 4. The lowest BCUT2D eigenvalue weighted by Crippen LogP contribution is -2.25. The highest BCUT2D eigenvalue weighted by molar-refractivity contribution is 6.04. The summed E-state index contributed by atoms with van der Waals surface area (Å²) in [5, 5.41) is 25.4. The van der Waals surface area contributed by atoms with E-state index in [0.29, 0.717) is 5.82 Å². The molecule has 3 N–H and O–H groups in total. The van der Waals surface area contributed by atoms with Crippen molar-refractivity contribution >= 4 is 17.7 Å². The summed E-state index contributed by atoms with van der Waals surface area (Å²) in [4.78, 5) is 31.3. The van der Waals surface area contributed by atoms with Gasteiger partial charge in [-0.1, -0.05) is 0 Å². The maximum atomic E-state index is 12.7. The summed E-state index contributed by atoms with van der Waals surface area (Å²) in [6.07, 6.45) is 2.61. The molecule has 0 bridgehead atoms. The van der Waals surface area contributed by atoms with Gasteiger partial charge in [-0.25, -0.2) is 14.8 Å². The van der Waals surface area contributed by atoms with Gasteiger partial charge in [0, 0.05) is 30.9 Å². The van der Waals surface area contributed by atoms with Gasteiger partial charge >= 0.3 is 5.97 Å². The second-order valence-corrected chi connectivity index (χ2v) is 6.73. The van der Waals surface area contributed by atoms with E-state index < -0.39 is 24.1 Å². The molecule has 0 aliphatic carbocycles. The van der Waals surface area contributed by atoms with Crippen molar-refractivity contribution in [1.29, 1.82) is 0 Å². The highest BCUT2D eigenvalue weighted by Crippen LogP contribution is 2.28. The number of carbonyl (C=O) groups excluding carboxylic acids is 1. The fraction of sp³-hybridized carbons (Fsp3) is 0.250. The summed E-state index contributed by atoms with van der Waals surface area (Å²) in [6, 6.07) is 6.13. The third-order valence-electron chi connectivity index (χ3n) is 4.17. The number of carboxylic acid groups (broad SMARTS) is 1. The molecule has 2 atom stereocenters. The molecule has 0 spiro atoms. The fourth-order valence-electron chi connectivity index (χ4n) is 2.41. The molecular formula is C20H21N5O6. The number of ether oxygens (including phenoxy) is 2. The predicted molar refractivity (Wildman–Crippen MR) is 108 cm³/mol. The van der Waals surface area contributed by atoms with E-state index in [-0.39, 0.29) is 28.6 Å². The van der Waals surface area contributed by atoms with Crippen LogP contribution in [0.3, 0.4) is 0 Å². The summed E-state index contributed by atoms with van der Waals surface area (Å²) >= 11 is 0. The summed E-state index contributed by atoms with van der Waals surface area (Å²) in [5.74, 6) is -0.775. The Morgan fingerprint density at radius 1 is 1.13 bits per heavy atom. The molecule has 3 aromatic rings. The topological polar surface area (TPSA) is 149 Å². The van der Waals surface area contributed by atoms with E-state index in [1.165, 1.54) is 18.2 Å². The largest absolute Gasteiger partial charge is 0.488 e. The quantitative estimate of drug-likeness (QED) is 0.491. The summed E-state index contributed by atoms with van der Waals surface area (Å²) in [6.45, 7) is 3.27. The molecule has 2 aromatic heterocycles. The standard InChI is InChI=1S/C20H21N5O6/c1-11(26)12(2)30-14-6-13(19(27)23-17-4-5-25(3)24-17)7-15(8-14)31-18-10-21-16(9-22-18)20(28)29/h4-12,26H,1-3H3,(H,28,29)(H,23,24,27). The van der Waals surface area contributed by atoms with E-state index in [2.05, 4.69) is 20.4 Å². The van der Waals surface area contributed by atoms with E-state index in [1.54, 1.807) is 37.8 Å². The molecule has 0 radical (unpaired) electrons. The number of carboxylic acids is 1. The van der Waals surface area contributed by atoms with Crippen LogP contribution in [0.2, 0.25) is 0 Å². The zero-order chi connectivity index (χ0) is 22.5. The maximum Gasteiger partial charge on any atom is 0.356 e. The van der Waals surface area contributed by atoms with Crippen LogP contribution >= 0.6 is 0 Å². The number of aromatic carboxylic acids is 1. The van der Waals surface area contributed by atoms with Gasteiger partial charge in [-0.05, 0) is 26.0 Å². The van der Waals surface area contributed by atoms with Gasteiger partial charge in [0.05, 0.1) is 18.5 Å². The van der Waals surface area contributed by atoms with E-state index >= 15 is 0 Å². The van der Waals surface area contributed by atoms with Crippen molar-refractivity contribution < 1.29 is 29.3 Å². The Morgan fingerprint density at radius 3 is 2.45 bits per heavy atom. The van der Waals surface area contributed by atoms with Crippen molar-refractivity contribution in [1.82, 2.24) is 19.7 Å². The van der Waals surface area contributed by atoms with Crippen LogP contribution < -0.4 is 14.8 Å². The second-order valence-electron chi connectivity index (χ2n) is 6.73. The van der Waals surface area contributed by atoms with Crippen LogP contribution in [0.4, 0.5) is 5.82 Å². The zero-order valence-electron chi connectivity index (χ0n) is 17.0. The molecule has 11 heteroatoms. The highest BCUT2D eigenvalue weighted by Gasteiger charge is 2.16. The lowest BCUT2D eigenvalue weighted by atomic mass is 10.1. The van der Waals surface area contributed by atoms with Gasteiger partial charge in [0.25, 0.3) is 5.91 Å². The first-order valence-electron chi connectivity index (χ1n) is 9.25. The van der Waals surface area contributed by atoms with Gasteiger partial charge in [-0.3, -0.25) is 9.48 Å². The SMILES string of the molecule is CC(O)C(C)Oc1cc(Oc2cnc(C(=O)O)cn2)cc(C(=O)Nc2ccn(C)n2)c1. The first kappa shape index (κ1) is 21.7. The van der Waals surface area contributed by atoms with E-state index in [0.717, 1.165) is 12.4 Å². The van der Waals surface area contributed by atoms with Crippen LogP contribution in [0.25, 0.3) is 0 Å². The molecule has 11 nitrogen and oxygen atoms in total. The Balaban J connectivity index is 1.88. The lowest BCUT2D eigenvalue weighted by molar-refractivity contribution is 0.0602. The maximum absolute atomic E-state index is 12.7. The minimum atomic E-state index is -1.21. The number of aliphatic hydroxyl groups excluding tert-OH is 1. The average Bonchev–Trinajstić information content (AvgIpc) is 3.12. The number of aliphatic hydroxyl groups is 1. The molecular weight excluding hydrogens is 406 g/mol. The third kappa shape index (κ3) is 5.76. The Hall–Kier alpha value is -3.99. The van der Waals surface area contributed by atoms with Crippen LogP contribution in [0.5, 0.6) is 17.4 Å². The van der Waals surface area contributed by atoms with E-state index in [4.69, 9.17) is 14.6 Å². The van der Waals surface area contributed by atoms with Crippen molar-refractivity contribution in [2.24, 2.45) is 7.05 Å². The molecule has 1 aromatic carbocycles. The number of rotatable bonds is 8. The molecule has 2 unspecified atom stereocenters. The summed E-state index contributed by atoms with van der Waals surface area (Å²) in [7, 11) is 1.73. The molecule has 162 valence electrons. The van der Waals surface area contributed by atoms with Crippen LogP contribution in [0, 0.1) is 0 Å². The van der Waals surface area contributed by atoms with Crippen molar-refractivity contribution in [2.75, 3.05) is 5.32 Å². The normalized spacial score (nSPS) is 12.6. The number of carbonyl (C=O) groups is 2. The van der Waals surface area contributed by atoms with Crippen molar-refractivity contribution in [3.8, 4) is 17.4 Å². The number of aryl methyl sites for hydroxylation is 1. The molecule has 2 heterocycles. The number of amides is 1. The minimum Gasteiger partial charge on any atom is -0.488 e. The Bertz CT molecular complexity index is 1080. The van der Waals surface area contributed by atoms with E-state index in [9.17, 15) is 14.7 Å². The van der Waals surface area contributed by atoms with Gasteiger partial charge in [-0.2, -0.15) is 5.10 Å². The Kier molecular flexibility index (Phi) is 6.46. The van der Waals surface area contributed by atoms with E-state index in [1.807, 2.05) is 0 Å². The molecule has 0 aliphatic heterocycles. The fourth-order valence-corrected chi connectivity index (χ4v) is 2.41. The smallest absolute Gasteiger partial charge is 0.356 e. The number of hydrogen-bond acceptors (Lipinski definition) is 8. The van der Waals surface area contributed by atoms with Crippen LogP contribution in [-0.4, -0.2) is 54.0 Å². The second kappa shape index (κ2) is 9.22. The molecule has 31 heavy (non-hydrogen) atoms. The lowest BCUT2D eigenvalue weighted by Gasteiger charge is -2.18. The van der Waals surface area contributed by atoms with Crippen LogP contribution in [-0.2, 0) is 7.05 Å². The number of aromatic nitrogens is 4. The summed E-state index contributed by atoms with van der Waals surface area (Å²) in [5.41, 5.74) is -0.0170. The Morgan fingerprint density at radius 2 is 1.87 bits per heavy atom. The van der Waals surface area contributed by atoms with Crippen LogP contribution in [0.15, 0.2) is 42.9 Å². The number of anilines is 1.